The fraction of sp³-hybridized carbons (Fsp3) is 0.222. The third kappa shape index (κ3) is 3.21. The fourth-order valence-electron chi connectivity index (χ4n) is 2.77. The standard InChI is InChI=1S/C18H17ClN2O3/c1-12(22)20-17-13-6-2-4-8-15(13)21(18(17)23)10-11-24-16-9-5-3-7-14(16)19/h2-9,17H,10-11H2,1H3,(H,20,22)/t17-/m1/s1. The average Bonchev–Trinajstić information content (AvgIpc) is 2.82. The lowest BCUT2D eigenvalue weighted by Crippen LogP contribution is -2.38. The van der Waals surface area contributed by atoms with E-state index < -0.39 is 6.04 Å². The van der Waals surface area contributed by atoms with Gasteiger partial charge in [0.05, 0.1) is 11.6 Å². The van der Waals surface area contributed by atoms with Gasteiger partial charge in [0.2, 0.25) is 5.91 Å². The van der Waals surface area contributed by atoms with Crippen LogP contribution < -0.4 is 15.0 Å². The van der Waals surface area contributed by atoms with Crippen LogP contribution in [0.1, 0.15) is 18.5 Å². The van der Waals surface area contributed by atoms with Crippen molar-refractivity contribution in [2.24, 2.45) is 0 Å². The zero-order valence-corrected chi connectivity index (χ0v) is 13.9. The molecule has 0 bridgehead atoms. The lowest BCUT2D eigenvalue weighted by atomic mass is 10.1. The predicted octanol–water partition coefficient (Wildman–Crippen LogP) is 2.94. The highest BCUT2D eigenvalue weighted by Gasteiger charge is 2.37. The highest BCUT2D eigenvalue weighted by atomic mass is 35.5. The van der Waals surface area contributed by atoms with E-state index in [4.69, 9.17) is 16.3 Å². The summed E-state index contributed by atoms with van der Waals surface area (Å²) in [6, 6.07) is 14.0. The largest absolute Gasteiger partial charge is 0.490 e. The molecule has 1 aliphatic rings. The maximum absolute atomic E-state index is 12.6. The summed E-state index contributed by atoms with van der Waals surface area (Å²) in [5.74, 6) is 0.184. The van der Waals surface area contributed by atoms with Crippen molar-refractivity contribution in [3.8, 4) is 5.75 Å². The number of carbonyl (C=O) groups excluding carboxylic acids is 2. The minimum absolute atomic E-state index is 0.158. The smallest absolute Gasteiger partial charge is 0.254 e. The van der Waals surface area contributed by atoms with Gasteiger partial charge in [-0.1, -0.05) is 41.9 Å². The molecule has 0 aliphatic carbocycles. The van der Waals surface area contributed by atoms with Crippen LogP contribution in [0.15, 0.2) is 48.5 Å². The summed E-state index contributed by atoms with van der Waals surface area (Å²) in [4.78, 5) is 25.6. The van der Waals surface area contributed by atoms with Crippen molar-refractivity contribution in [2.75, 3.05) is 18.1 Å². The number of benzene rings is 2. The van der Waals surface area contributed by atoms with Crippen LogP contribution in [0, 0.1) is 0 Å². The van der Waals surface area contributed by atoms with Crippen molar-refractivity contribution < 1.29 is 14.3 Å². The van der Waals surface area contributed by atoms with E-state index in [-0.39, 0.29) is 11.8 Å². The maximum atomic E-state index is 12.6. The minimum Gasteiger partial charge on any atom is -0.490 e. The van der Waals surface area contributed by atoms with Gasteiger partial charge in [-0.25, -0.2) is 0 Å². The normalized spacial score (nSPS) is 16.0. The average molecular weight is 345 g/mol. The topological polar surface area (TPSA) is 58.6 Å². The first-order chi connectivity index (χ1) is 11.6. The van der Waals surface area contributed by atoms with Crippen LogP contribution >= 0.6 is 11.6 Å². The molecule has 6 heteroatoms. The number of rotatable bonds is 5. The minimum atomic E-state index is -0.640. The number of anilines is 1. The van der Waals surface area contributed by atoms with Crippen molar-refractivity contribution >= 4 is 29.1 Å². The van der Waals surface area contributed by atoms with E-state index in [0.29, 0.717) is 23.9 Å². The molecular weight excluding hydrogens is 328 g/mol. The molecule has 3 rings (SSSR count). The SMILES string of the molecule is CC(=O)N[C@H]1C(=O)N(CCOc2ccccc2Cl)c2ccccc21. The van der Waals surface area contributed by atoms with Gasteiger partial charge in [0.25, 0.3) is 5.91 Å². The van der Waals surface area contributed by atoms with Gasteiger partial charge in [0, 0.05) is 18.2 Å². The van der Waals surface area contributed by atoms with Crippen molar-refractivity contribution in [1.29, 1.82) is 0 Å². The lowest BCUT2D eigenvalue weighted by molar-refractivity contribution is -0.126. The zero-order chi connectivity index (χ0) is 17.1. The zero-order valence-electron chi connectivity index (χ0n) is 13.2. The molecule has 0 spiro atoms. The van der Waals surface area contributed by atoms with Gasteiger partial charge < -0.3 is 15.0 Å². The number of nitrogens with one attached hydrogen (secondary N) is 1. The van der Waals surface area contributed by atoms with Crippen LogP contribution in [0.5, 0.6) is 5.75 Å². The summed E-state index contributed by atoms with van der Waals surface area (Å²) in [5.41, 5.74) is 1.60. The van der Waals surface area contributed by atoms with Crippen molar-refractivity contribution in [2.45, 2.75) is 13.0 Å². The maximum Gasteiger partial charge on any atom is 0.254 e. The van der Waals surface area contributed by atoms with Crippen LogP contribution in [-0.4, -0.2) is 25.0 Å². The van der Waals surface area contributed by atoms with E-state index in [2.05, 4.69) is 5.32 Å². The molecule has 2 aromatic carbocycles. The fourth-order valence-corrected chi connectivity index (χ4v) is 2.96. The van der Waals surface area contributed by atoms with Crippen molar-refractivity contribution in [3.63, 3.8) is 0 Å². The first-order valence-corrected chi connectivity index (χ1v) is 8.00. The molecular formula is C18H17ClN2O3. The summed E-state index contributed by atoms with van der Waals surface area (Å²) in [5, 5.41) is 3.23. The van der Waals surface area contributed by atoms with Gasteiger partial charge in [0.15, 0.2) is 0 Å². The summed E-state index contributed by atoms with van der Waals surface area (Å²) in [7, 11) is 0. The molecule has 1 atom stereocenters. The molecule has 24 heavy (non-hydrogen) atoms. The van der Waals surface area contributed by atoms with Gasteiger partial charge in [0.1, 0.15) is 18.4 Å². The first kappa shape index (κ1) is 16.3. The third-order valence-electron chi connectivity index (χ3n) is 3.81. The molecule has 2 aromatic rings. The molecule has 2 amide bonds. The van der Waals surface area contributed by atoms with Crippen LogP contribution in [0.4, 0.5) is 5.69 Å². The Hall–Kier alpha value is -2.53. The number of amides is 2. The molecule has 0 radical (unpaired) electrons. The Morgan fingerprint density at radius 1 is 1.21 bits per heavy atom. The Morgan fingerprint density at radius 3 is 2.67 bits per heavy atom. The lowest BCUT2D eigenvalue weighted by Gasteiger charge is -2.18. The van der Waals surface area contributed by atoms with E-state index in [9.17, 15) is 9.59 Å². The molecule has 0 saturated heterocycles. The second-order valence-electron chi connectivity index (χ2n) is 5.46. The molecule has 1 aliphatic heterocycles. The number of halogens is 1. The first-order valence-electron chi connectivity index (χ1n) is 7.62. The Balaban J connectivity index is 1.73. The number of nitrogens with zero attached hydrogens (tertiary/aromatic N) is 1. The second kappa shape index (κ2) is 6.93. The summed E-state index contributed by atoms with van der Waals surface area (Å²) >= 11 is 6.06. The Bertz CT molecular complexity index is 778. The monoisotopic (exact) mass is 344 g/mol. The van der Waals surface area contributed by atoms with Crippen LogP contribution in [0.2, 0.25) is 5.02 Å². The number of hydrogen-bond acceptors (Lipinski definition) is 3. The molecule has 124 valence electrons. The van der Waals surface area contributed by atoms with Crippen LogP contribution in [0.3, 0.4) is 0 Å². The van der Waals surface area contributed by atoms with Gasteiger partial charge in [-0.2, -0.15) is 0 Å². The number of fused-ring (bicyclic) bond motifs is 1. The molecule has 0 aromatic heterocycles. The van der Waals surface area contributed by atoms with Gasteiger partial charge in [-0.15, -0.1) is 0 Å². The number of carbonyl (C=O) groups is 2. The third-order valence-corrected chi connectivity index (χ3v) is 4.12. The summed E-state index contributed by atoms with van der Waals surface area (Å²) in [6.07, 6.45) is 0. The molecule has 0 saturated carbocycles. The summed E-state index contributed by atoms with van der Waals surface area (Å²) < 4.78 is 5.67. The van der Waals surface area contributed by atoms with Gasteiger partial charge in [-0.3, -0.25) is 9.59 Å². The van der Waals surface area contributed by atoms with Crippen molar-refractivity contribution in [1.82, 2.24) is 5.32 Å². The summed E-state index contributed by atoms with van der Waals surface area (Å²) in [6.45, 7) is 2.08. The molecule has 1 N–H and O–H groups in total. The van der Waals surface area contributed by atoms with Crippen LogP contribution in [-0.2, 0) is 9.59 Å². The van der Waals surface area contributed by atoms with E-state index in [1.807, 2.05) is 36.4 Å². The number of para-hydroxylation sites is 2. The van der Waals surface area contributed by atoms with E-state index in [1.54, 1.807) is 17.0 Å². The molecule has 0 unspecified atom stereocenters. The molecule has 1 heterocycles. The van der Waals surface area contributed by atoms with Crippen molar-refractivity contribution in [3.05, 3.63) is 59.1 Å². The van der Waals surface area contributed by atoms with E-state index in [0.717, 1.165) is 11.3 Å². The highest BCUT2D eigenvalue weighted by molar-refractivity contribution is 6.32. The number of ether oxygens (including phenoxy) is 1. The second-order valence-corrected chi connectivity index (χ2v) is 5.87. The number of hydrogen-bond donors (Lipinski definition) is 1. The molecule has 5 nitrogen and oxygen atoms in total. The Labute approximate surface area is 145 Å². The van der Waals surface area contributed by atoms with Gasteiger partial charge >= 0.3 is 0 Å². The Kier molecular flexibility index (Phi) is 4.71. The predicted molar refractivity (Wildman–Crippen MR) is 92.3 cm³/mol. The molecule has 0 fully saturated rings. The Morgan fingerprint density at radius 2 is 1.92 bits per heavy atom. The van der Waals surface area contributed by atoms with E-state index >= 15 is 0 Å². The van der Waals surface area contributed by atoms with Gasteiger partial charge in [-0.05, 0) is 18.2 Å². The highest BCUT2D eigenvalue weighted by Crippen LogP contribution is 2.35. The van der Waals surface area contributed by atoms with E-state index in [1.165, 1.54) is 6.92 Å². The quantitative estimate of drug-likeness (QED) is 0.907. The van der Waals surface area contributed by atoms with Crippen LogP contribution in [0.25, 0.3) is 0 Å².